The average molecular weight is 445 g/mol. The van der Waals surface area contributed by atoms with Crippen molar-refractivity contribution in [1.29, 1.82) is 0 Å². The summed E-state index contributed by atoms with van der Waals surface area (Å²) < 4.78 is 11.1. The fourth-order valence-corrected chi connectivity index (χ4v) is 4.34. The van der Waals surface area contributed by atoms with E-state index in [-0.39, 0.29) is 5.91 Å². The fourth-order valence-electron chi connectivity index (χ4n) is 4.14. The van der Waals surface area contributed by atoms with Crippen LogP contribution in [0.4, 0.5) is 0 Å². The molecular weight excluding hydrogens is 412 g/mol. The Hall–Kier alpha value is -2.24. The lowest BCUT2D eigenvalue weighted by atomic mass is 9.93. The Morgan fingerprint density at radius 3 is 2.84 bits per heavy atom. The third-order valence-electron chi connectivity index (χ3n) is 5.75. The van der Waals surface area contributed by atoms with Crippen molar-refractivity contribution in [2.75, 3.05) is 26.8 Å². The molecule has 3 rings (SSSR count). The molecule has 1 fully saturated rings. The lowest BCUT2D eigenvalue weighted by Crippen LogP contribution is -2.35. The van der Waals surface area contributed by atoms with Crippen LogP contribution >= 0.6 is 11.6 Å². The van der Waals surface area contributed by atoms with Gasteiger partial charge in [0.05, 0.1) is 13.7 Å². The minimum atomic E-state index is 0.0913. The quantitative estimate of drug-likeness (QED) is 0.556. The maximum Gasteiger partial charge on any atom is 0.220 e. The predicted molar refractivity (Wildman–Crippen MR) is 125 cm³/mol. The first-order valence-electron chi connectivity index (χ1n) is 11.1. The minimum absolute atomic E-state index is 0.0913. The van der Waals surface area contributed by atoms with Crippen molar-refractivity contribution in [2.24, 2.45) is 5.92 Å². The van der Waals surface area contributed by atoms with E-state index < -0.39 is 0 Å². The predicted octanol–water partition coefficient (Wildman–Crippen LogP) is 5.06. The number of carbonyl (C=O) groups is 1. The van der Waals surface area contributed by atoms with Crippen molar-refractivity contribution in [1.82, 2.24) is 10.2 Å². The Morgan fingerprint density at radius 1 is 1.23 bits per heavy atom. The Morgan fingerprint density at radius 2 is 2.06 bits per heavy atom. The summed E-state index contributed by atoms with van der Waals surface area (Å²) in [6, 6.07) is 13.8. The molecule has 0 radical (unpaired) electrons. The molecule has 168 valence electrons. The number of rotatable bonds is 10. The summed E-state index contributed by atoms with van der Waals surface area (Å²) >= 11 is 6.16. The van der Waals surface area contributed by atoms with Crippen molar-refractivity contribution in [3.63, 3.8) is 0 Å². The van der Waals surface area contributed by atoms with Gasteiger partial charge in [0, 0.05) is 31.1 Å². The van der Waals surface area contributed by atoms with E-state index >= 15 is 0 Å². The molecule has 1 aliphatic rings. The zero-order valence-corrected chi connectivity index (χ0v) is 19.3. The third-order valence-corrected chi connectivity index (χ3v) is 6.12. The highest BCUT2D eigenvalue weighted by Crippen LogP contribution is 2.29. The lowest BCUT2D eigenvalue weighted by molar-refractivity contribution is -0.121. The van der Waals surface area contributed by atoms with Gasteiger partial charge in [-0.15, -0.1) is 0 Å². The lowest BCUT2D eigenvalue weighted by Gasteiger charge is -2.32. The second kappa shape index (κ2) is 12.0. The first-order valence-corrected chi connectivity index (χ1v) is 11.5. The van der Waals surface area contributed by atoms with E-state index in [0.29, 0.717) is 30.5 Å². The molecule has 1 atom stereocenters. The van der Waals surface area contributed by atoms with Crippen molar-refractivity contribution in [3.05, 3.63) is 58.6 Å². The highest BCUT2D eigenvalue weighted by molar-refractivity contribution is 6.31. The number of ether oxygens (including phenoxy) is 2. The van der Waals surface area contributed by atoms with Gasteiger partial charge in [0.15, 0.2) is 11.5 Å². The highest BCUT2D eigenvalue weighted by atomic mass is 35.5. The molecule has 6 heteroatoms. The normalized spacial score (nSPS) is 16.7. The second-order valence-corrected chi connectivity index (χ2v) is 8.48. The maximum absolute atomic E-state index is 12.3. The van der Waals surface area contributed by atoms with Gasteiger partial charge >= 0.3 is 0 Å². The fraction of sp³-hybridized carbons (Fsp3) is 0.480. The van der Waals surface area contributed by atoms with Gasteiger partial charge in [-0.25, -0.2) is 0 Å². The highest BCUT2D eigenvalue weighted by Gasteiger charge is 2.21. The van der Waals surface area contributed by atoms with E-state index in [2.05, 4.69) is 22.3 Å². The number of amides is 1. The van der Waals surface area contributed by atoms with E-state index in [9.17, 15) is 4.79 Å². The van der Waals surface area contributed by atoms with Crippen LogP contribution in [0, 0.1) is 5.92 Å². The topological polar surface area (TPSA) is 50.8 Å². The average Bonchev–Trinajstić information content (AvgIpc) is 2.78. The summed E-state index contributed by atoms with van der Waals surface area (Å²) in [7, 11) is 1.66. The largest absolute Gasteiger partial charge is 0.493 e. The zero-order valence-electron chi connectivity index (χ0n) is 18.5. The molecular formula is C25H33ClN2O3. The molecule has 1 heterocycles. The molecule has 2 aromatic carbocycles. The van der Waals surface area contributed by atoms with Crippen molar-refractivity contribution < 1.29 is 14.3 Å². The third kappa shape index (κ3) is 7.15. The molecule has 0 bridgehead atoms. The maximum atomic E-state index is 12.3. The Bertz CT molecular complexity index is 858. The standard InChI is InChI=1S/C25H33ClN2O3/c1-3-31-24-15-20(10-12-23(24)30-2)18-28-14-6-7-19(17-28)11-13-25(29)27-16-21-8-4-5-9-22(21)26/h4-5,8-10,12,15,19H,3,6-7,11,13-14,16-18H2,1-2H3,(H,27,29)/t19-/m1/s1. The molecule has 1 aliphatic heterocycles. The van der Waals surface area contributed by atoms with E-state index in [1.807, 2.05) is 37.3 Å². The van der Waals surface area contributed by atoms with Crippen LogP contribution in [0.15, 0.2) is 42.5 Å². The van der Waals surface area contributed by atoms with Crippen LogP contribution in [0.3, 0.4) is 0 Å². The molecule has 0 unspecified atom stereocenters. The number of nitrogens with one attached hydrogen (secondary N) is 1. The van der Waals surface area contributed by atoms with E-state index in [1.54, 1.807) is 7.11 Å². The first-order chi connectivity index (χ1) is 15.1. The van der Waals surface area contributed by atoms with Gasteiger partial charge in [-0.3, -0.25) is 9.69 Å². The summed E-state index contributed by atoms with van der Waals surface area (Å²) in [6.45, 7) is 6.07. The number of hydrogen-bond donors (Lipinski definition) is 1. The molecule has 5 nitrogen and oxygen atoms in total. The molecule has 0 aliphatic carbocycles. The molecule has 0 aromatic heterocycles. The van der Waals surface area contributed by atoms with Gasteiger partial charge in [0.25, 0.3) is 0 Å². The number of likely N-dealkylation sites (tertiary alicyclic amines) is 1. The van der Waals surface area contributed by atoms with Gasteiger partial charge in [-0.1, -0.05) is 35.9 Å². The van der Waals surface area contributed by atoms with Gasteiger partial charge in [-0.2, -0.15) is 0 Å². The number of methoxy groups -OCH3 is 1. The number of halogens is 1. The van der Waals surface area contributed by atoms with Crippen LogP contribution in [0.2, 0.25) is 5.02 Å². The van der Waals surface area contributed by atoms with Crippen LogP contribution in [-0.2, 0) is 17.9 Å². The Labute approximate surface area is 190 Å². The smallest absolute Gasteiger partial charge is 0.220 e. The molecule has 0 spiro atoms. The monoisotopic (exact) mass is 444 g/mol. The van der Waals surface area contributed by atoms with Gasteiger partial charge in [0.1, 0.15) is 0 Å². The number of benzene rings is 2. The molecule has 1 N–H and O–H groups in total. The summed E-state index contributed by atoms with van der Waals surface area (Å²) in [5.74, 6) is 2.20. The second-order valence-electron chi connectivity index (χ2n) is 8.07. The van der Waals surface area contributed by atoms with Crippen LogP contribution < -0.4 is 14.8 Å². The summed E-state index contributed by atoms with van der Waals surface area (Å²) in [5, 5.41) is 3.69. The van der Waals surface area contributed by atoms with Crippen LogP contribution in [0.5, 0.6) is 11.5 Å². The van der Waals surface area contributed by atoms with E-state index in [0.717, 1.165) is 43.1 Å². The molecule has 31 heavy (non-hydrogen) atoms. The number of piperidine rings is 1. The first kappa shape index (κ1) is 23.4. The Balaban J connectivity index is 1.45. The van der Waals surface area contributed by atoms with E-state index in [1.165, 1.54) is 18.4 Å². The number of carbonyl (C=O) groups excluding carboxylic acids is 1. The van der Waals surface area contributed by atoms with Crippen molar-refractivity contribution in [3.8, 4) is 11.5 Å². The Kier molecular flexibility index (Phi) is 9.04. The number of hydrogen-bond acceptors (Lipinski definition) is 4. The van der Waals surface area contributed by atoms with Gasteiger partial charge < -0.3 is 14.8 Å². The SMILES string of the molecule is CCOc1cc(CN2CCC[C@H](CCC(=O)NCc3ccccc3Cl)C2)ccc1OC. The van der Waals surface area contributed by atoms with Gasteiger partial charge in [-0.05, 0) is 68.0 Å². The van der Waals surface area contributed by atoms with E-state index in [4.69, 9.17) is 21.1 Å². The van der Waals surface area contributed by atoms with Crippen LogP contribution in [0.1, 0.15) is 43.7 Å². The summed E-state index contributed by atoms with van der Waals surface area (Å²) in [4.78, 5) is 14.8. The molecule has 2 aromatic rings. The zero-order chi connectivity index (χ0) is 22.1. The molecule has 1 amide bonds. The minimum Gasteiger partial charge on any atom is -0.493 e. The van der Waals surface area contributed by atoms with Gasteiger partial charge in [0.2, 0.25) is 5.91 Å². The number of nitrogens with zero attached hydrogens (tertiary/aromatic N) is 1. The van der Waals surface area contributed by atoms with Crippen LogP contribution in [-0.4, -0.2) is 37.6 Å². The molecule has 0 saturated carbocycles. The van der Waals surface area contributed by atoms with Crippen molar-refractivity contribution >= 4 is 17.5 Å². The van der Waals surface area contributed by atoms with Crippen molar-refractivity contribution in [2.45, 2.75) is 45.7 Å². The van der Waals surface area contributed by atoms with Crippen LogP contribution in [0.25, 0.3) is 0 Å². The summed E-state index contributed by atoms with van der Waals surface area (Å²) in [5.41, 5.74) is 2.18. The molecule has 1 saturated heterocycles. The summed E-state index contributed by atoms with van der Waals surface area (Å²) in [6.07, 6.45) is 3.82.